The Labute approximate surface area is 108 Å². The molecule has 0 aromatic heterocycles. The molecule has 1 aliphatic heterocycles. The molecular weight excluding hydrogens is 230 g/mol. The van der Waals surface area contributed by atoms with Crippen LogP contribution in [0.25, 0.3) is 0 Å². The number of carbonyl (C=O) groups excluding carboxylic acids is 2. The third-order valence-electron chi connectivity index (χ3n) is 3.63. The maximum atomic E-state index is 12.0. The van der Waals surface area contributed by atoms with Crippen LogP contribution in [0.1, 0.15) is 46.5 Å². The Balaban J connectivity index is 1.95. The van der Waals surface area contributed by atoms with Crippen LogP contribution in [0, 0.1) is 5.41 Å². The first-order chi connectivity index (χ1) is 8.34. The Kier molecular flexibility index (Phi) is 3.24. The fraction of sp³-hybridized carbons (Fsp3) is 0.786. The van der Waals surface area contributed by atoms with Gasteiger partial charge in [-0.05, 0) is 51.9 Å². The van der Waals surface area contributed by atoms with Crippen LogP contribution in [0.2, 0.25) is 0 Å². The van der Waals surface area contributed by atoms with Gasteiger partial charge in [-0.25, -0.2) is 9.59 Å². The van der Waals surface area contributed by atoms with Crippen molar-refractivity contribution in [3.63, 3.8) is 0 Å². The van der Waals surface area contributed by atoms with Crippen LogP contribution >= 0.6 is 0 Å². The van der Waals surface area contributed by atoms with Crippen LogP contribution in [0.4, 0.5) is 4.79 Å². The minimum absolute atomic E-state index is 0.127. The number of nitrogens with zero attached hydrogens (tertiary/aromatic N) is 1. The lowest BCUT2D eigenvalue weighted by molar-refractivity contribution is -0.00348. The quantitative estimate of drug-likeness (QED) is 0.622. The van der Waals surface area contributed by atoms with E-state index in [9.17, 15) is 9.59 Å². The molecule has 0 aromatic carbocycles. The zero-order chi connectivity index (χ0) is 13.4. The Bertz CT molecular complexity index is 394. The standard InChI is InChI=1S/C14H21NO3/c1-13(2,3)18-12(17)15-6-4-5-14(10-15)7-11(8-14)9-16/h4-8,10H2,1-3H3. The van der Waals surface area contributed by atoms with Gasteiger partial charge in [-0.1, -0.05) is 0 Å². The zero-order valence-corrected chi connectivity index (χ0v) is 11.4. The van der Waals surface area contributed by atoms with E-state index >= 15 is 0 Å². The van der Waals surface area contributed by atoms with Gasteiger partial charge in [-0.2, -0.15) is 0 Å². The minimum atomic E-state index is -0.449. The van der Waals surface area contributed by atoms with Gasteiger partial charge < -0.3 is 9.64 Å². The lowest BCUT2D eigenvalue weighted by atomic mass is 9.62. The van der Waals surface area contributed by atoms with Crippen LogP contribution in [0.15, 0.2) is 5.57 Å². The number of likely N-dealkylation sites (tertiary alicyclic amines) is 1. The van der Waals surface area contributed by atoms with Gasteiger partial charge in [0.25, 0.3) is 0 Å². The van der Waals surface area contributed by atoms with E-state index in [2.05, 4.69) is 0 Å². The molecule has 4 heteroatoms. The van der Waals surface area contributed by atoms with Crippen molar-refractivity contribution < 1.29 is 14.3 Å². The maximum Gasteiger partial charge on any atom is 0.410 e. The van der Waals surface area contributed by atoms with Crippen molar-refractivity contribution in [3.05, 3.63) is 5.57 Å². The van der Waals surface area contributed by atoms with Crippen molar-refractivity contribution in [1.82, 2.24) is 4.90 Å². The number of hydrogen-bond acceptors (Lipinski definition) is 3. The Morgan fingerprint density at radius 3 is 2.61 bits per heavy atom. The monoisotopic (exact) mass is 251 g/mol. The molecule has 0 bridgehead atoms. The predicted molar refractivity (Wildman–Crippen MR) is 67.9 cm³/mol. The van der Waals surface area contributed by atoms with Gasteiger partial charge in [-0.15, -0.1) is 0 Å². The van der Waals surface area contributed by atoms with Gasteiger partial charge in [0, 0.05) is 18.7 Å². The smallest absolute Gasteiger partial charge is 0.410 e. The van der Waals surface area contributed by atoms with E-state index in [1.165, 1.54) is 0 Å². The van der Waals surface area contributed by atoms with Crippen molar-refractivity contribution in [1.29, 1.82) is 0 Å². The van der Waals surface area contributed by atoms with Gasteiger partial charge in [0.2, 0.25) is 0 Å². The van der Waals surface area contributed by atoms with Crippen LogP contribution in [-0.2, 0) is 9.53 Å². The highest BCUT2D eigenvalue weighted by molar-refractivity contribution is 5.68. The van der Waals surface area contributed by atoms with Gasteiger partial charge in [0.1, 0.15) is 11.5 Å². The Hall–Kier alpha value is -1.28. The second kappa shape index (κ2) is 4.43. The first kappa shape index (κ1) is 13.2. The molecule has 18 heavy (non-hydrogen) atoms. The molecule has 0 N–H and O–H groups in total. The highest BCUT2D eigenvalue weighted by atomic mass is 16.6. The van der Waals surface area contributed by atoms with Gasteiger partial charge in [0.05, 0.1) is 0 Å². The first-order valence-corrected chi connectivity index (χ1v) is 6.54. The molecule has 2 fully saturated rings. The van der Waals surface area contributed by atoms with E-state index < -0.39 is 5.60 Å². The van der Waals surface area contributed by atoms with E-state index in [1.54, 1.807) is 4.90 Å². The number of amides is 1. The third kappa shape index (κ3) is 2.75. The van der Waals surface area contributed by atoms with E-state index in [0.717, 1.165) is 37.8 Å². The molecule has 2 rings (SSSR count). The lowest BCUT2D eigenvalue weighted by Crippen LogP contribution is -2.51. The second-order valence-corrected chi connectivity index (χ2v) is 6.56. The summed E-state index contributed by atoms with van der Waals surface area (Å²) in [6.45, 7) is 7.10. The van der Waals surface area contributed by atoms with E-state index in [1.807, 2.05) is 26.7 Å². The largest absolute Gasteiger partial charge is 0.444 e. The summed E-state index contributed by atoms with van der Waals surface area (Å²) < 4.78 is 5.40. The highest BCUT2D eigenvalue weighted by Gasteiger charge is 2.45. The zero-order valence-electron chi connectivity index (χ0n) is 11.4. The molecule has 1 amide bonds. The number of carbonyl (C=O) groups is 1. The summed E-state index contributed by atoms with van der Waals surface area (Å²) in [7, 11) is 0. The highest BCUT2D eigenvalue weighted by Crippen LogP contribution is 2.49. The van der Waals surface area contributed by atoms with Crippen molar-refractivity contribution in [2.24, 2.45) is 5.41 Å². The normalized spacial score (nSPS) is 27.7. The van der Waals surface area contributed by atoms with E-state index in [4.69, 9.17) is 4.74 Å². The molecule has 0 aromatic rings. The van der Waals surface area contributed by atoms with Crippen LogP contribution in [-0.4, -0.2) is 35.6 Å². The number of allylic oxidation sites excluding steroid dienone is 1. The molecule has 100 valence electrons. The fourth-order valence-electron chi connectivity index (χ4n) is 2.90. The van der Waals surface area contributed by atoms with Crippen LogP contribution in [0.3, 0.4) is 0 Å². The topological polar surface area (TPSA) is 46.6 Å². The summed E-state index contributed by atoms with van der Waals surface area (Å²) in [4.78, 5) is 24.3. The van der Waals surface area contributed by atoms with Gasteiger partial charge in [-0.3, -0.25) is 0 Å². The third-order valence-corrected chi connectivity index (χ3v) is 3.63. The van der Waals surface area contributed by atoms with Gasteiger partial charge >= 0.3 is 6.09 Å². The maximum absolute atomic E-state index is 12.0. The molecule has 0 radical (unpaired) electrons. The second-order valence-electron chi connectivity index (χ2n) is 6.56. The SMILES string of the molecule is CC(C)(C)OC(=O)N1CCCC2(CC(=C=O)C2)C1. The van der Waals surface area contributed by atoms with Crippen LogP contribution < -0.4 is 0 Å². The summed E-state index contributed by atoms with van der Waals surface area (Å²) in [5.74, 6) is 1.99. The Morgan fingerprint density at radius 1 is 1.39 bits per heavy atom. The minimum Gasteiger partial charge on any atom is -0.444 e. The lowest BCUT2D eigenvalue weighted by Gasteiger charge is -2.48. The average molecular weight is 251 g/mol. The molecule has 1 aliphatic carbocycles. The van der Waals surface area contributed by atoms with Crippen LogP contribution in [0.5, 0.6) is 0 Å². The molecule has 2 aliphatic rings. The molecule has 0 unspecified atom stereocenters. The van der Waals surface area contributed by atoms with Crippen molar-refractivity contribution in [2.45, 2.75) is 52.1 Å². The predicted octanol–water partition coefficient (Wildman–Crippen LogP) is 2.56. The summed E-state index contributed by atoms with van der Waals surface area (Å²) in [6.07, 6.45) is 3.46. The first-order valence-electron chi connectivity index (χ1n) is 6.54. The molecule has 1 heterocycles. The molecule has 0 atom stereocenters. The number of hydrogen-bond donors (Lipinski definition) is 0. The number of ether oxygens (including phenoxy) is 1. The number of piperidine rings is 1. The van der Waals surface area contributed by atoms with Crippen molar-refractivity contribution in [3.8, 4) is 0 Å². The summed E-state index contributed by atoms with van der Waals surface area (Å²) in [5, 5.41) is 0. The summed E-state index contributed by atoms with van der Waals surface area (Å²) in [5.41, 5.74) is 0.540. The molecule has 4 nitrogen and oxygen atoms in total. The van der Waals surface area contributed by atoms with Gasteiger partial charge in [0.15, 0.2) is 0 Å². The van der Waals surface area contributed by atoms with E-state index in [-0.39, 0.29) is 11.5 Å². The number of rotatable bonds is 0. The summed E-state index contributed by atoms with van der Waals surface area (Å²) in [6, 6.07) is 0. The Morgan fingerprint density at radius 2 is 2.06 bits per heavy atom. The van der Waals surface area contributed by atoms with E-state index in [0.29, 0.717) is 6.54 Å². The van der Waals surface area contributed by atoms with Crippen molar-refractivity contribution in [2.75, 3.05) is 13.1 Å². The molecule has 1 saturated heterocycles. The molecular formula is C14H21NO3. The molecule has 1 saturated carbocycles. The molecule has 1 spiro atoms. The fourth-order valence-corrected chi connectivity index (χ4v) is 2.90. The average Bonchev–Trinajstić information content (AvgIpc) is 2.23. The van der Waals surface area contributed by atoms with Crippen molar-refractivity contribution >= 4 is 12.0 Å². The summed E-state index contributed by atoms with van der Waals surface area (Å²) >= 11 is 0.